The predicted molar refractivity (Wildman–Crippen MR) is 110 cm³/mol. The number of pyridine rings is 1. The lowest BCUT2D eigenvalue weighted by molar-refractivity contribution is 0.0945. The standard InChI is InChI=1S/C22H25N5O/c1-5-6-17(12-23)25-22(28)18-11-20(16-9-7-15(4)8-10-16)26-21-19(18)13-24-27(21)14(2)3/h7-11,13-14,17H,5-6H2,1-4H3,(H,25,28). The SMILES string of the molecule is CCCC(C#N)NC(=O)c1cc(-c2ccc(C)cc2)nc2c1cnn2C(C)C. The summed E-state index contributed by atoms with van der Waals surface area (Å²) in [6.07, 6.45) is 3.12. The molecule has 0 saturated heterocycles. The zero-order valence-corrected chi connectivity index (χ0v) is 16.7. The Morgan fingerprint density at radius 1 is 1.29 bits per heavy atom. The molecule has 0 bridgehead atoms. The van der Waals surface area contributed by atoms with Crippen LogP contribution in [-0.4, -0.2) is 26.7 Å². The van der Waals surface area contributed by atoms with Gasteiger partial charge in [-0.05, 0) is 33.3 Å². The quantitative estimate of drug-likeness (QED) is 0.692. The summed E-state index contributed by atoms with van der Waals surface area (Å²) >= 11 is 0. The Balaban J connectivity index is 2.13. The van der Waals surface area contributed by atoms with Crippen molar-refractivity contribution in [2.45, 2.75) is 52.6 Å². The van der Waals surface area contributed by atoms with E-state index in [1.165, 1.54) is 0 Å². The fraction of sp³-hybridized carbons (Fsp3) is 0.364. The zero-order chi connectivity index (χ0) is 20.3. The Labute approximate surface area is 165 Å². The van der Waals surface area contributed by atoms with E-state index >= 15 is 0 Å². The maximum absolute atomic E-state index is 13.0. The van der Waals surface area contributed by atoms with Gasteiger partial charge in [-0.25, -0.2) is 9.67 Å². The van der Waals surface area contributed by atoms with Crippen molar-refractivity contribution in [3.63, 3.8) is 0 Å². The van der Waals surface area contributed by atoms with Crippen LogP contribution in [0.25, 0.3) is 22.3 Å². The topological polar surface area (TPSA) is 83.6 Å². The highest BCUT2D eigenvalue weighted by Gasteiger charge is 2.20. The lowest BCUT2D eigenvalue weighted by Crippen LogP contribution is -2.33. The van der Waals surface area contributed by atoms with Gasteiger partial charge in [0, 0.05) is 11.6 Å². The molecule has 0 aliphatic carbocycles. The molecule has 3 rings (SSSR count). The van der Waals surface area contributed by atoms with E-state index in [1.807, 2.05) is 56.6 Å². The van der Waals surface area contributed by atoms with Gasteiger partial charge in [0.05, 0.1) is 28.9 Å². The monoisotopic (exact) mass is 375 g/mol. The maximum Gasteiger partial charge on any atom is 0.253 e. The van der Waals surface area contributed by atoms with Crippen LogP contribution in [-0.2, 0) is 0 Å². The Morgan fingerprint density at radius 3 is 2.61 bits per heavy atom. The average Bonchev–Trinajstić information content (AvgIpc) is 3.11. The third-order valence-electron chi connectivity index (χ3n) is 4.69. The van der Waals surface area contributed by atoms with Crippen LogP contribution in [0.4, 0.5) is 0 Å². The number of nitrogens with zero attached hydrogens (tertiary/aromatic N) is 4. The fourth-order valence-electron chi connectivity index (χ4n) is 3.15. The molecule has 2 aromatic heterocycles. The van der Waals surface area contributed by atoms with Crippen LogP contribution >= 0.6 is 0 Å². The molecule has 0 saturated carbocycles. The molecule has 6 heteroatoms. The van der Waals surface area contributed by atoms with Crippen molar-refractivity contribution in [2.24, 2.45) is 0 Å². The minimum atomic E-state index is -0.510. The number of aryl methyl sites for hydroxylation is 1. The number of amides is 1. The molecule has 1 aromatic carbocycles. The molecule has 6 nitrogen and oxygen atoms in total. The number of hydrogen-bond donors (Lipinski definition) is 1. The van der Waals surface area contributed by atoms with Crippen LogP contribution in [0.3, 0.4) is 0 Å². The molecule has 0 radical (unpaired) electrons. The molecule has 2 heterocycles. The molecule has 0 aliphatic heterocycles. The van der Waals surface area contributed by atoms with Crippen molar-refractivity contribution in [1.29, 1.82) is 5.26 Å². The molecule has 28 heavy (non-hydrogen) atoms. The molecule has 0 spiro atoms. The van der Waals surface area contributed by atoms with Gasteiger partial charge in [0.2, 0.25) is 0 Å². The first-order valence-corrected chi connectivity index (χ1v) is 9.60. The normalized spacial score (nSPS) is 12.1. The Kier molecular flexibility index (Phi) is 5.74. The summed E-state index contributed by atoms with van der Waals surface area (Å²) in [6, 6.07) is 11.6. The van der Waals surface area contributed by atoms with Gasteiger partial charge >= 0.3 is 0 Å². The van der Waals surface area contributed by atoms with Crippen molar-refractivity contribution in [3.8, 4) is 17.3 Å². The second kappa shape index (κ2) is 8.22. The number of aromatic nitrogens is 3. The summed E-state index contributed by atoms with van der Waals surface area (Å²) in [5.74, 6) is -0.274. The van der Waals surface area contributed by atoms with Crippen LogP contribution in [0.1, 0.15) is 55.6 Å². The smallest absolute Gasteiger partial charge is 0.253 e. The van der Waals surface area contributed by atoms with Crippen LogP contribution in [0, 0.1) is 18.3 Å². The van der Waals surface area contributed by atoms with Gasteiger partial charge in [-0.1, -0.05) is 43.2 Å². The van der Waals surface area contributed by atoms with E-state index in [-0.39, 0.29) is 11.9 Å². The Bertz CT molecular complexity index is 1030. The van der Waals surface area contributed by atoms with Crippen molar-refractivity contribution in [2.75, 3.05) is 0 Å². The first-order valence-electron chi connectivity index (χ1n) is 9.60. The molecule has 0 aliphatic rings. The van der Waals surface area contributed by atoms with E-state index in [4.69, 9.17) is 4.98 Å². The number of hydrogen-bond acceptors (Lipinski definition) is 4. The molecule has 1 unspecified atom stereocenters. The zero-order valence-electron chi connectivity index (χ0n) is 16.7. The summed E-state index contributed by atoms with van der Waals surface area (Å²) in [7, 11) is 0. The molecule has 1 N–H and O–H groups in total. The highest BCUT2D eigenvalue weighted by Crippen LogP contribution is 2.26. The number of nitrogens with one attached hydrogen (secondary N) is 1. The maximum atomic E-state index is 13.0. The lowest BCUT2D eigenvalue weighted by Gasteiger charge is -2.13. The number of nitriles is 1. The van der Waals surface area contributed by atoms with E-state index in [9.17, 15) is 10.1 Å². The first-order chi connectivity index (χ1) is 13.4. The Morgan fingerprint density at radius 2 is 2.00 bits per heavy atom. The molecular formula is C22H25N5O. The number of carbonyl (C=O) groups is 1. The largest absolute Gasteiger partial charge is 0.336 e. The first kappa shape index (κ1) is 19.6. The highest BCUT2D eigenvalue weighted by molar-refractivity contribution is 6.06. The minimum absolute atomic E-state index is 0.112. The second-order valence-corrected chi connectivity index (χ2v) is 7.29. The minimum Gasteiger partial charge on any atom is -0.336 e. The fourth-order valence-corrected chi connectivity index (χ4v) is 3.15. The van der Waals surface area contributed by atoms with E-state index in [1.54, 1.807) is 12.3 Å². The van der Waals surface area contributed by atoms with Gasteiger partial charge in [0.1, 0.15) is 6.04 Å². The van der Waals surface area contributed by atoms with E-state index in [0.29, 0.717) is 28.7 Å². The van der Waals surface area contributed by atoms with Gasteiger partial charge in [-0.15, -0.1) is 0 Å². The number of rotatable bonds is 6. The van der Waals surface area contributed by atoms with Gasteiger partial charge in [-0.3, -0.25) is 4.79 Å². The molecular weight excluding hydrogens is 350 g/mol. The van der Waals surface area contributed by atoms with Crippen LogP contribution in [0.2, 0.25) is 0 Å². The molecule has 0 fully saturated rings. The third kappa shape index (κ3) is 3.89. The average molecular weight is 375 g/mol. The summed E-state index contributed by atoms with van der Waals surface area (Å²) in [6.45, 7) is 8.07. The number of carbonyl (C=O) groups excluding carboxylic acids is 1. The summed E-state index contributed by atoms with van der Waals surface area (Å²) < 4.78 is 1.82. The molecule has 1 atom stereocenters. The van der Waals surface area contributed by atoms with Gasteiger partial charge in [0.25, 0.3) is 5.91 Å². The van der Waals surface area contributed by atoms with Crippen LogP contribution in [0.5, 0.6) is 0 Å². The van der Waals surface area contributed by atoms with E-state index < -0.39 is 6.04 Å². The second-order valence-electron chi connectivity index (χ2n) is 7.29. The van der Waals surface area contributed by atoms with Crippen molar-refractivity contribution in [3.05, 3.63) is 47.7 Å². The molecule has 3 aromatic rings. The number of fused-ring (bicyclic) bond motifs is 1. The van der Waals surface area contributed by atoms with Crippen LogP contribution in [0.15, 0.2) is 36.5 Å². The van der Waals surface area contributed by atoms with Crippen molar-refractivity contribution >= 4 is 16.9 Å². The highest BCUT2D eigenvalue weighted by atomic mass is 16.1. The molecule has 1 amide bonds. The Hall–Kier alpha value is -3.20. The number of benzene rings is 1. The van der Waals surface area contributed by atoms with Crippen molar-refractivity contribution in [1.82, 2.24) is 20.1 Å². The predicted octanol–water partition coefficient (Wildman–Crippen LogP) is 4.41. The van der Waals surface area contributed by atoms with Gasteiger partial charge in [-0.2, -0.15) is 10.4 Å². The van der Waals surface area contributed by atoms with Crippen LogP contribution < -0.4 is 5.32 Å². The summed E-state index contributed by atoms with van der Waals surface area (Å²) in [5.41, 5.74) is 3.96. The van der Waals surface area contributed by atoms with E-state index in [2.05, 4.69) is 16.5 Å². The lowest BCUT2D eigenvalue weighted by atomic mass is 10.0. The molecule has 144 valence electrons. The summed E-state index contributed by atoms with van der Waals surface area (Å²) in [5, 5.41) is 17.3. The van der Waals surface area contributed by atoms with E-state index in [0.717, 1.165) is 17.5 Å². The van der Waals surface area contributed by atoms with Crippen molar-refractivity contribution < 1.29 is 4.79 Å². The third-order valence-corrected chi connectivity index (χ3v) is 4.69. The summed E-state index contributed by atoms with van der Waals surface area (Å²) in [4.78, 5) is 17.8. The van der Waals surface area contributed by atoms with Gasteiger partial charge in [0.15, 0.2) is 5.65 Å². The van der Waals surface area contributed by atoms with Gasteiger partial charge < -0.3 is 5.32 Å².